The highest BCUT2D eigenvalue weighted by Gasteiger charge is 2.06. The normalized spacial score (nSPS) is 13.2. The summed E-state index contributed by atoms with van der Waals surface area (Å²) < 4.78 is 11.2. The summed E-state index contributed by atoms with van der Waals surface area (Å²) >= 11 is 1.65. The molecule has 0 amide bonds. The Morgan fingerprint density at radius 3 is 2.58 bits per heavy atom. The number of rotatable bonds is 3. The summed E-state index contributed by atoms with van der Waals surface area (Å²) in [6.45, 7) is 5.90. The molecular weight excluding hydrogens is 190 g/mol. The fraction of sp³-hybridized carbons (Fsp3) is 0.625. The van der Waals surface area contributed by atoms with Gasteiger partial charge in [-0.25, -0.2) is 4.98 Å². The molecular formula is C8H13NOS2. The molecule has 0 saturated heterocycles. The van der Waals surface area contributed by atoms with Crippen molar-refractivity contribution in [3.8, 4) is 0 Å². The van der Waals surface area contributed by atoms with E-state index >= 15 is 0 Å². The van der Waals surface area contributed by atoms with E-state index in [1.807, 2.05) is 20.8 Å². The van der Waals surface area contributed by atoms with E-state index in [4.69, 9.17) is 0 Å². The molecule has 1 aromatic rings. The zero-order valence-electron chi connectivity index (χ0n) is 7.59. The Morgan fingerprint density at radius 2 is 2.17 bits per heavy atom. The fourth-order valence-electron chi connectivity index (χ4n) is 0.956. The minimum absolute atomic E-state index is 0.674. The summed E-state index contributed by atoms with van der Waals surface area (Å²) in [6, 6.07) is 0. The molecule has 1 unspecified atom stereocenters. The van der Waals surface area contributed by atoms with Crippen molar-refractivity contribution in [1.82, 2.24) is 4.98 Å². The Labute approximate surface area is 79.5 Å². The Morgan fingerprint density at radius 1 is 1.50 bits per heavy atom. The highest BCUT2D eigenvalue weighted by Crippen LogP contribution is 2.18. The second kappa shape index (κ2) is 4.14. The van der Waals surface area contributed by atoms with Crippen LogP contribution in [0.5, 0.6) is 0 Å². The zero-order chi connectivity index (χ0) is 9.14. The van der Waals surface area contributed by atoms with Crippen LogP contribution < -0.4 is 0 Å². The number of aryl methyl sites for hydroxylation is 2. The van der Waals surface area contributed by atoms with Crippen molar-refractivity contribution >= 4 is 22.1 Å². The van der Waals surface area contributed by atoms with E-state index in [-0.39, 0.29) is 0 Å². The van der Waals surface area contributed by atoms with Gasteiger partial charge in [0.05, 0.1) is 16.5 Å². The SMILES string of the molecule is CCS(=O)Cc1sc(C)nc1C. The maximum Gasteiger partial charge on any atom is 0.0900 e. The lowest BCUT2D eigenvalue weighted by atomic mass is 10.4. The standard InChI is InChI=1S/C8H13NOS2/c1-4-12(10)5-8-6(2)9-7(3)11-8/h4-5H2,1-3H3. The van der Waals surface area contributed by atoms with E-state index in [2.05, 4.69) is 4.98 Å². The van der Waals surface area contributed by atoms with Crippen LogP contribution in [0, 0.1) is 13.8 Å². The van der Waals surface area contributed by atoms with Crippen LogP contribution in [-0.4, -0.2) is 14.9 Å². The minimum atomic E-state index is -0.704. The second-order valence-corrected chi connectivity index (χ2v) is 5.65. The van der Waals surface area contributed by atoms with Gasteiger partial charge in [0.25, 0.3) is 0 Å². The largest absolute Gasteiger partial charge is 0.259 e. The lowest BCUT2D eigenvalue weighted by Crippen LogP contribution is -1.96. The van der Waals surface area contributed by atoms with Crippen LogP contribution in [0.2, 0.25) is 0 Å². The number of hydrogen-bond acceptors (Lipinski definition) is 3. The molecule has 0 N–H and O–H groups in total. The molecule has 4 heteroatoms. The van der Waals surface area contributed by atoms with Gasteiger partial charge in [-0.3, -0.25) is 4.21 Å². The molecule has 1 atom stereocenters. The molecule has 0 fully saturated rings. The molecule has 1 aromatic heterocycles. The third kappa shape index (κ3) is 2.38. The number of aromatic nitrogens is 1. The molecule has 1 rings (SSSR count). The first kappa shape index (κ1) is 9.86. The molecule has 0 aromatic carbocycles. The maximum absolute atomic E-state index is 11.2. The Hall–Kier alpha value is -0.220. The molecule has 0 bridgehead atoms. The average Bonchev–Trinajstić information content (AvgIpc) is 2.30. The first-order valence-electron chi connectivity index (χ1n) is 3.91. The summed E-state index contributed by atoms with van der Waals surface area (Å²) in [7, 11) is -0.704. The van der Waals surface area contributed by atoms with Crippen LogP contribution in [0.1, 0.15) is 22.5 Å². The van der Waals surface area contributed by atoms with Gasteiger partial charge < -0.3 is 0 Å². The number of nitrogens with zero attached hydrogens (tertiary/aromatic N) is 1. The third-order valence-corrected chi connectivity index (χ3v) is 4.12. The lowest BCUT2D eigenvalue weighted by Gasteiger charge is -1.95. The summed E-state index contributed by atoms with van der Waals surface area (Å²) in [4.78, 5) is 5.46. The molecule has 0 radical (unpaired) electrons. The first-order chi connectivity index (χ1) is 5.63. The maximum atomic E-state index is 11.2. The molecule has 1 heterocycles. The van der Waals surface area contributed by atoms with E-state index in [0.717, 1.165) is 16.5 Å². The van der Waals surface area contributed by atoms with Crippen molar-refractivity contribution < 1.29 is 4.21 Å². The Bertz CT molecular complexity index is 293. The molecule has 0 aliphatic heterocycles. The van der Waals surface area contributed by atoms with Gasteiger partial charge in [-0.05, 0) is 13.8 Å². The molecule has 0 aliphatic carbocycles. The van der Waals surface area contributed by atoms with Crippen LogP contribution in [0.25, 0.3) is 0 Å². The molecule has 68 valence electrons. The second-order valence-electron chi connectivity index (χ2n) is 2.61. The average molecular weight is 203 g/mol. The topological polar surface area (TPSA) is 30.0 Å². The van der Waals surface area contributed by atoms with Gasteiger partial charge in [-0.2, -0.15) is 0 Å². The smallest absolute Gasteiger partial charge is 0.0900 e. The van der Waals surface area contributed by atoms with Crippen LogP contribution >= 0.6 is 11.3 Å². The van der Waals surface area contributed by atoms with Crippen molar-refractivity contribution in [1.29, 1.82) is 0 Å². The van der Waals surface area contributed by atoms with Crippen molar-refractivity contribution in [2.75, 3.05) is 5.75 Å². The van der Waals surface area contributed by atoms with Gasteiger partial charge in [0.2, 0.25) is 0 Å². The van der Waals surface area contributed by atoms with Gasteiger partial charge in [-0.15, -0.1) is 11.3 Å². The Balaban J connectivity index is 2.75. The van der Waals surface area contributed by atoms with Gasteiger partial charge in [0.15, 0.2) is 0 Å². The van der Waals surface area contributed by atoms with E-state index in [1.54, 1.807) is 11.3 Å². The highest BCUT2D eigenvalue weighted by atomic mass is 32.2. The van der Waals surface area contributed by atoms with Crippen molar-refractivity contribution in [2.45, 2.75) is 26.5 Å². The molecule has 0 saturated carbocycles. The van der Waals surface area contributed by atoms with Gasteiger partial charge in [0.1, 0.15) is 0 Å². The molecule has 0 aliphatic rings. The van der Waals surface area contributed by atoms with Gasteiger partial charge in [0, 0.05) is 21.4 Å². The van der Waals surface area contributed by atoms with Gasteiger partial charge >= 0.3 is 0 Å². The van der Waals surface area contributed by atoms with E-state index in [0.29, 0.717) is 5.75 Å². The van der Waals surface area contributed by atoms with Crippen molar-refractivity contribution in [2.24, 2.45) is 0 Å². The van der Waals surface area contributed by atoms with E-state index in [9.17, 15) is 4.21 Å². The number of hydrogen-bond donors (Lipinski definition) is 0. The number of thiazole rings is 1. The summed E-state index contributed by atoms with van der Waals surface area (Å²) in [5, 5.41) is 1.07. The molecule has 0 spiro atoms. The highest BCUT2D eigenvalue weighted by molar-refractivity contribution is 7.84. The van der Waals surface area contributed by atoms with E-state index < -0.39 is 10.8 Å². The monoisotopic (exact) mass is 203 g/mol. The summed E-state index contributed by atoms with van der Waals surface area (Å²) in [5.41, 5.74) is 1.04. The van der Waals surface area contributed by atoms with E-state index in [1.165, 1.54) is 4.88 Å². The van der Waals surface area contributed by atoms with Gasteiger partial charge in [-0.1, -0.05) is 6.92 Å². The van der Waals surface area contributed by atoms with Crippen LogP contribution in [-0.2, 0) is 16.6 Å². The molecule has 2 nitrogen and oxygen atoms in total. The summed E-state index contributed by atoms with van der Waals surface area (Å²) in [6.07, 6.45) is 0. The minimum Gasteiger partial charge on any atom is -0.259 e. The molecule has 12 heavy (non-hydrogen) atoms. The van der Waals surface area contributed by atoms with Crippen molar-refractivity contribution in [3.05, 3.63) is 15.6 Å². The summed E-state index contributed by atoms with van der Waals surface area (Å²) in [5.74, 6) is 1.41. The predicted molar refractivity (Wildman–Crippen MR) is 54.0 cm³/mol. The fourth-order valence-corrected chi connectivity index (χ4v) is 3.02. The van der Waals surface area contributed by atoms with Crippen molar-refractivity contribution in [3.63, 3.8) is 0 Å². The quantitative estimate of drug-likeness (QED) is 0.752. The van der Waals surface area contributed by atoms with Crippen LogP contribution in [0.4, 0.5) is 0 Å². The predicted octanol–water partition coefficient (Wildman–Crippen LogP) is 2.03. The third-order valence-electron chi connectivity index (χ3n) is 1.61. The Kier molecular flexibility index (Phi) is 3.40. The lowest BCUT2D eigenvalue weighted by molar-refractivity contribution is 0.683. The first-order valence-corrected chi connectivity index (χ1v) is 6.21. The van der Waals surface area contributed by atoms with Crippen LogP contribution in [0.15, 0.2) is 0 Å². The van der Waals surface area contributed by atoms with Crippen LogP contribution in [0.3, 0.4) is 0 Å². The zero-order valence-corrected chi connectivity index (χ0v) is 9.22.